The minimum Gasteiger partial charge on any atom is -0.381 e. The molecule has 1 aliphatic heterocycles. The smallest absolute Gasteiger partial charge is 0.159 e. The lowest BCUT2D eigenvalue weighted by atomic mass is 10.0. The van der Waals surface area contributed by atoms with Crippen molar-refractivity contribution in [3.63, 3.8) is 0 Å². The summed E-state index contributed by atoms with van der Waals surface area (Å²) in [7, 11) is 0.742. The summed E-state index contributed by atoms with van der Waals surface area (Å²) in [5.41, 5.74) is 6.20. The molecule has 0 aromatic heterocycles. The summed E-state index contributed by atoms with van der Waals surface area (Å²) in [6.07, 6.45) is 2.25. The minimum atomic E-state index is -1.42. The van der Waals surface area contributed by atoms with E-state index in [0.717, 1.165) is 42.7 Å². The Bertz CT molecular complexity index is 629. The van der Waals surface area contributed by atoms with Gasteiger partial charge in [0.2, 0.25) is 0 Å². The maximum Gasteiger partial charge on any atom is 0.159 e. The van der Waals surface area contributed by atoms with E-state index in [-0.39, 0.29) is 5.78 Å². The maximum absolute atomic E-state index is 11.7. The second-order valence-electron chi connectivity index (χ2n) is 7.54. The Morgan fingerprint density at radius 2 is 1.91 bits per heavy atom. The van der Waals surface area contributed by atoms with E-state index in [9.17, 15) is 4.79 Å². The SMILES string of the molecule is CC(=O)c1ccc(C#C[Si](C)(C)C)c(NC2CCN(C)CC2)c1. The summed E-state index contributed by atoms with van der Waals surface area (Å²) in [5, 5.41) is 3.64. The number of nitrogens with one attached hydrogen (secondary N) is 1. The number of piperidine rings is 1. The van der Waals surface area contributed by atoms with Crippen LogP contribution in [0.3, 0.4) is 0 Å². The van der Waals surface area contributed by atoms with Crippen molar-refractivity contribution in [3.05, 3.63) is 29.3 Å². The van der Waals surface area contributed by atoms with Crippen LogP contribution in [0.25, 0.3) is 0 Å². The number of nitrogens with zero attached hydrogens (tertiary/aromatic N) is 1. The normalized spacial score (nSPS) is 16.6. The van der Waals surface area contributed by atoms with Crippen molar-refractivity contribution in [2.45, 2.75) is 45.4 Å². The molecule has 0 spiro atoms. The van der Waals surface area contributed by atoms with Gasteiger partial charge in [-0.3, -0.25) is 4.79 Å². The summed E-state index contributed by atoms with van der Waals surface area (Å²) < 4.78 is 0. The third kappa shape index (κ3) is 5.53. The highest BCUT2D eigenvalue weighted by molar-refractivity contribution is 6.83. The number of Topliss-reactive ketones (excluding diaryl/α,β-unsaturated/α-hetero) is 1. The molecule has 0 atom stereocenters. The highest BCUT2D eigenvalue weighted by Gasteiger charge is 2.18. The van der Waals surface area contributed by atoms with E-state index in [4.69, 9.17) is 0 Å². The number of carbonyl (C=O) groups excluding carboxylic acids is 1. The van der Waals surface area contributed by atoms with E-state index in [1.54, 1.807) is 6.92 Å². The number of likely N-dealkylation sites (tertiary alicyclic amines) is 1. The lowest BCUT2D eigenvalue weighted by Crippen LogP contribution is -2.36. The Morgan fingerprint density at radius 1 is 1.26 bits per heavy atom. The van der Waals surface area contributed by atoms with Gasteiger partial charge in [0.1, 0.15) is 8.07 Å². The molecule has 1 saturated heterocycles. The Balaban J connectivity index is 2.27. The predicted molar refractivity (Wildman–Crippen MR) is 101 cm³/mol. The number of benzene rings is 1. The highest BCUT2D eigenvalue weighted by atomic mass is 28.3. The van der Waals surface area contributed by atoms with Gasteiger partial charge in [0.15, 0.2) is 5.78 Å². The number of hydrogen-bond donors (Lipinski definition) is 1. The third-order valence-corrected chi connectivity index (χ3v) is 4.95. The zero-order chi connectivity index (χ0) is 17.0. The topological polar surface area (TPSA) is 32.3 Å². The van der Waals surface area contributed by atoms with E-state index in [1.165, 1.54) is 0 Å². The fraction of sp³-hybridized carbons (Fsp3) is 0.526. The molecule has 1 heterocycles. The number of rotatable bonds is 3. The van der Waals surface area contributed by atoms with Gasteiger partial charge in [-0.15, -0.1) is 5.54 Å². The summed E-state index contributed by atoms with van der Waals surface area (Å²) in [5.74, 6) is 3.44. The molecule has 1 fully saturated rings. The molecular formula is C19H28N2OSi. The molecule has 0 aliphatic carbocycles. The zero-order valence-corrected chi connectivity index (χ0v) is 16.0. The van der Waals surface area contributed by atoms with Crippen LogP contribution in [0.15, 0.2) is 18.2 Å². The Labute approximate surface area is 141 Å². The molecule has 4 heteroatoms. The van der Waals surface area contributed by atoms with Gasteiger partial charge < -0.3 is 10.2 Å². The summed E-state index contributed by atoms with van der Waals surface area (Å²) in [6, 6.07) is 6.30. The number of hydrogen-bond acceptors (Lipinski definition) is 3. The Hall–Kier alpha value is -1.57. The fourth-order valence-corrected chi connectivity index (χ4v) is 3.13. The van der Waals surface area contributed by atoms with E-state index >= 15 is 0 Å². The predicted octanol–water partition coefficient (Wildman–Crippen LogP) is 3.62. The number of anilines is 1. The first-order valence-electron chi connectivity index (χ1n) is 8.38. The van der Waals surface area contributed by atoms with Crippen LogP contribution >= 0.6 is 0 Å². The first-order valence-corrected chi connectivity index (χ1v) is 11.9. The van der Waals surface area contributed by atoms with Crippen molar-refractivity contribution < 1.29 is 4.79 Å². The molecule has 2 rings (SSSR count). The molecule has 0 unspecified atom stereocenters. The van der Waals surface area contributed by atoms with Gasteiger partial charge in [0.05, 0.1) is 5.69 Å². The molecule has 23 heavy (non-hydrogen) atoms. The molecule has 1 aromatic carbocycles. The van der Waals surface area contributed by atoms with Gasteiger partial charge in [-0.05, 0) is 52.0 Å². The third-order valence-electron chi connectivity index (χ3n) is 4.08. The summed E-state index contributed by atoms with van der Waals surface area (Å²) in [6.45, 7) is 10.6. The monoisotopic (exact) mass is 328 g/mol. The maximum atomic E-state index is 11.7. The Kier molecular flexibility index (Phi) is 5.67. The highest BCUT2D eigenvalue weighted by Crippen LogP contribution is 2.22. The van der Waals surface area contributed by atoms with Crippen LogP contribution in [0.4, 0.5) is 5.69 Å². The quantitative estimate of drug-likeness (QED) is 0.522. The van der Waals surface area contributed by atoms with Crippen LogP contribution in [-0.2, 0) is 0 Å². The van der Waals surface area contributed by atoms with Crippen molar-refractivity contribution in [2.75, 3.05) is 25.5 Å². The average molecular weight is 329 g/mol. The first-order chi connectivity index (χ1) is 10.7. The number of carbonyl (C=O) groups is 1. The van der Waals surface area contributed by atoms with Crippen LogP contribution in [0.1, 0.15) is 35.7 Å². The second-order valence-corrected chi connectivity index (χ2v) is 12.3. The van der Waals surface area contributed by atoms with Crippen LogP contribution in [0.2, 0.25) is 19.6 Å². The second kappa shape index (κ2) is 7.33. The molecule has 0 saturated carbocycles. The van der Waals surface area contributed by atoms with Crippen molar-refractivity contribution >= 4 is 19.5 Å². The van der Waals surface area contributed by atoms with Gasteiger partial charge in [-0.25, -0.2) is 0 Å². The van der Waals surface area contributed by atoms with Gasteiger partial charge in [-0.2, -0.15) is 0 Å². The number of ketones is 1. The van der Waals surface area contributed by atoms with Gasteiger partial charge in [0.25, 0.3) is 0 Å². The fourth-order valence-electron chi connectivity index (χ4n) is 2.62. The molecular weight excluding hydrogens is 300 g/mol. The lowest BCUT2D eigenvalue weighted by molar-refractivity contribution is 0.101. The van der Waals surface area contributed by atoms with Gasteiger partial charge in [-0.1, -0.05) is 31.6 Å². The molecule has 3 nitrogen and oxygen atoms in total. The molecule has 1 aliphatic rings. The van der Waals surface area contributed by atoms with E-state index in [0.29, 0.717) is 6.04 Å². The van der Waals surface area contributed by atoms with Gasteiger partial charge >= 0.3 is 0 Å². The summed E-state index contributed by atoms with van der Waals surface area (Å²) in [4.78, 5) is 14.1. The molecule has 0 radical (unpaired) electrons. The van der Waals surface area contributed by atoms with E-state index in [1.807, 2.05) is 18.2 Å². The van der Waals surface area contributed by atoms with Crippen molar-refractivity contribution in [3.8, 4) is 11.5 Å². The van der Waals surface area contributed by atoms with Crippen LogP contribution in [0, 0.1) is 11.5 Å². The van der Waals surface area contributed by atoms with Crippen LogP contribution in [-0.4, -0.2) is 44.9 Å². The molecule has 0 amide bonds. The first kappa shape index (κ1) is 17.8. The van der Waals surface area contributed by atoms with E-state index in [2.05, 4.69) is 48.4 Å². The molecule has 1 aromatic rings. The molecule has 1 N–H and O–H groups in total. The van der Waals surface area contributed by atoms with Gasteiger partial charge in [0, 0.05) is 17.2 Å². The Morgan fingerprint density at radius 3 is 2.48 bits per heavy atom. The van der Waals surface area contributed by atoms with Crippen molar-refractivity contribution in [1.82, 2.24) is 4.90 Å². The van der Waals surface area contributed by atoms with E-state index < -0.39 is 8.07 Å². The average Bonchev–Trinajstić information content (AvgIpc) is 2.47. The molecule has 0 bridgehead atoms. The van der Waals surface area contributed by atoms with Crippen molar-refractivity contribution in [1.29, 1.82) is 0 Å². The standard InChI is InChI=1S/C19H28N2OSi/c1-15(22)17-7-6-16(10-13-23(3,4)5)19(14-17)20-18-8-11-21(2)12-9-18/h6-7,14,18,20H,8-9,11-12H2,1-5H3. The summed E-state index contributed by atoms with van der Waals surface area (Å²) >= 11 is 0. The largest absolute Gasteiger partial charge is 0.381 e. The molecule has 124 valence electrons. The zero-order valence-electron chi connectivity index (χ0n) is 15.0. The minimum absolute atomic E-state index is 0.0983. The lowest BCUT2D eigenvalue weighted by Gasteiger charge is -2.30. The van der Waals surface area contributed by atoms with Crippen LogP contribution < -0.4 is 5.32 Å². The van der Waals surface area contributed by atoms with Crippen molar-refractivity contribution in [2.24, 2.45) is 0 Å². The van der Waals surface area contributed by atoms with Crippen LogP contribution in [0.5, 0.6) is 0 Å².